The van der Waals surface area contributed by atoms with Crippen LogP contribution >= 0.6 is 0 Å². The molecule has 2 aromatic rings. The molecule has 192 valence electrons. The Kier molecular flexibility index (Phi) is 8.71. The number of likely N-dealkylation sites (tertiary alicyclic amines) is 1. The summed E-state index contributed by atoms with van der Waals surface area (Å²) in [6, 6.07) is 3.15. The number of hydrogen-bond donors (Lipinski definition) is 1. The van der Waals surface area contributed by atoms with E-state index >= 15 is 0 Å². The zero-order valence-corrected chi connectivity index (χ0v) is 21.5. The van der Waals surface area contributed by atoms with E-state index in [1.54, 1.807) is 40.1 Å². The second-order valence-corrected chi connectivity index (χ2v) is 9.56. The molecule has 2 aromatic heterocycles. The second kappa shape index (κ2) is 11.5. The first-order valence-electron chi connectivity index (χ1n) is 11.9. The topological polar surface area (TPSA) is 89.0 Å². The van der Waals surface area contributed by atoms with E-state index in [2.05, 4.69) is 20.2 Å². The van der Waals surface area contributed by atoms with Gasteiger partial charge in [-0.3, -0.25) is 4.90 Å². The van der Waals surface area contributed by atoms with Gasteiger partial charge in [0.2, 0.25) is 0 Å². The van der Waals surface area contributed by atoms with Crippen molar-refractivity contribution in [2.24, 2.45) is 0 Å². The normalized spacial score (nSPS) is 14.0. The van der Waals surface area contributed by atoms with Crippen LogP contribution in [0.5, 0.6) is 11.5 Å². The molecule has 1 aliphatic heterocycles. The van der Waals surface area contributed by atoms with E-state index in [0.717, 1.165) is 31.0 Å². The van der Waals surface area contributed by atoms with E-state index in [9.17, 15) is 9.18 Å². The number of nitrogens with zero attached hydrogens (tertiary/aromatic N) is 4. The summed E-state index contributed by atoms with van der Waals surface area (Å²) in [5, 5.41) is 3.07. The summed E-state index contributed by atoms with van der Waals surface area (Å²) in [5.74, 6) is 1.24. The zero-order chi connectivity index (χ0) is 25.6. The van der Waals surface area contributed by atoms with Crippen molar-refractivity contribution in [3.63, 3.8) is 0 Å². The molecule has 0 atom stereocenters. The van der Waals surface area contributed by atoms with Crippen LogP contribution in [0.3, 0.4) is 0 Å². The van der Waals surface area contributed by atoms with Crippen LogP contribution in [0.2, 0.25) is 0 Å². The Labute approximate surface area is 206 Å². The first kappa shape index (κ1) is 26.5. The Balaban J connectivity index is 1.72. The molecule has 3 heterocycles. The molecule has 35 heavy (non-hydrogen) atoms. The molecule has 0 bridgehead atoms. The molecule has 3 rings (SSSR count). The van der Waals surface area contributed by atoms with Gasteiger partial charge in [0.15, 0.2) is 17.3 Å². The number of nitrogens with one attached hydrogen (secondary N) is 1. The van der Waals surface area contributed by atoms with Gasteiger partial charge in [-0.25, -0.2) is 19.2 Å². The lowest BCUT2D eigenvalue weighted by atomic mass is 10.2. The molecule has 10 heteroatoms. The van der Waals surface area contributed by atoms with Crippen LogP contribution in [0.25, 0.3) is 0 Å². The third-order valence-corrected chi connectivity index (χ3v) is 5.52. The first-order chi connectivity index (χ1) is 16.6. The van der Waals surface area contributed by atoms with Crippen molar-refractivity contribution in [2.75, 3.05) is 50.6 Å². The van der Waals surface area contributed by atoms with Crippen LogP contribution in [0, 0.1) is 12.7 Å². The number of carbonyl (C=O) groups excluding carboxylic acids is 1. The van der Waals surface area contributed by atoms with E-state index in [1.807, 2.05) is 0 Å². The molecule has 1 amide bonds. The largest absolute Gasteiger partial charge is 0.491 e. The highest BCUT2D eigenvalue weighted by molar-refractivity contribution is 5.88. The molecule has 1 aliphatic rings. The Morgan fingerprint density at radius 2 is 1.91 bits per heavy atom. The molecule has 1 saturated heterocycles. The number of anilines is 3. The van der Waals surface area contributed by atoms with Gasteiger partial charge < -0.3 is 24.4 Å². The van der Waals surface area contributed by atoms with Crippen LogP contribution in [-0.2, 0) is 4.74 Å². The minimum atomic E-state index is -0.705. The summed E-state index contributed by atoms with van der Waals surface area (Å²) >= 11 is 0. The second-order valence-electron chi connectivity index (χ2n) is 9.56. The van der Waals surface area contributed by atoms with E-state index in [-0.39, 0.29) is 11.4 Å². The summed E-state index contributed by atoms with van der Waals surface area (Å²) < 4.78 is 31.5. The molecule has 0 aliphatic carbocycles. The maximum Gasteiger partial charge on any atom is 0.414 e. The van der Waals surface area contributed by atoms with Gasteiger partial charge in [-0.1, -0.05) is 0 Å². The molecule has 0 saturated carbocycles. The van der Waals surface area contributed by atoms with Gasteiger partial charge in [0, 0.05) is 25.7 Å². The fraction of sp³-hybridized carbons (Fsp3) is 0.560. The highest BCUT2D eigenvalue weighted by Gasteiger charge is 2.24. The van der Waals surface area contributed by atoms with E-state index in [1.165, 1.54) is 32.9 Å². The van der Waals surface area contributed by atoms with Gasteiger partial charge in [0.1, 0.15) is 17.2 Å². The van der Waals surface area contributed by atoms with Crippen molar-refractivity contribution in [3.8, 4) is 11.5 Å². The van der Waals surface area contributed by atoms with E-state index in [0.29, 0.717) is 29.7 Å². The molecule has 0 aromatic carbocycles. The summed E-state index contributed by atoms with van der Waals surface area (Å²) in [6.45, 7) is 10.6. The smallest absolute Gasteiger partial charge is 0.414 e. The minimum Gasteiger partial charge on any atom is -0.491 e. The standard InChI is InChI=1S/C25H36FN5O4/c1-17-23(26)18(30(5)24(32)35-25(2,3)4)14-22(28-17)29-21-15-19(20(33-6)16-27-21)34-13-9-12-31-10-7-8-11-31/h14-16H,7-13H2,1-6H3,(H,27,28,29). The zero-order valence-electron chi connectivity index (χ0n) is 21.5. The maximum atomic E-state index is 14.8. The number of halogens is 1. The van der Waals surface area contributed by atoms with Gasteiger partial charge in [0.05, 0.1) is 31.3 Å². The Hall–Kier alpha value is -3.14. The van der Waals surface area contributed by atoms with Gasteiger partial charge in [-0.05, 0) is 60.0 Å². The quantitative estimate of drug-likeness (QED) is 0.497. The first-order valence-corrected chi connectivity index (χ1v) is 11.9. The average molecular weight is 490 g/mol. The van der Waals surface area contributed by atoms with Crippen molar-refractivity contribution in [2.45, 2.75) is 52.6 Å². The van der Waals surface area contributed by atoms with Crippen molar-refractivity contribution in [3.05, 3.63) is 29.8 Å². The number of ether oxygens (including phenoxy) is 3. The molecular formula is C25H36FN5O4. The number of pyridine rings is 2. The van der Waals surface area contributed by atoms with Crippen molar-refractivity contribution in [1.29, 1.82) is 0 Å². The van der Waals surface area contributed by atoms with Crippen molar-refractivity contribution in [1.82, 2.24) is 14.9 Å². The number of carbonyl (C=O) groups is 1. The van der Waals surface area contributed by atoms with Crippen LogP contribution in [0.4, 0.5) is 26.5 Å². The van der Waals surface area contributed by atoms with Gasteiger partial charge in [-0.2, -0.15) is 0 Å². The van der Waals surface area contributed by atoms with Crippen LogP contribution in [0.1, 0.15) is 45.7 Å². The molecule has 9 nitrogen and oxygen atoms in total. The van der Waals surface area contributed by atoms with Crippen LogP contribution in [-0.4, -0.2) is 67.0 Å². The molecule has 0 radical (unpaired) electrons. The van der Waals surface area contributed by atoms with Crippen molar-refractivity contribution >= 4 is 23.4 Å². The number of hydrogen-bond acceptors (Lipinski definition) is 8. The number of methoxy groups -OCH3 is 1. The lowest BCUT2D eigenvalue weighted by molar-refractivity contribution is 0.0588. The predicted molar refractivity (Wildman–Crippen MR) is 133 cm³/mol. The Bertz CT molecular complexity index is 1020. The lowest BCUT2D eigenvalue weighted by Crippen LogP contribution is -2.34. The number of rotatable bonds is 9. The molecule has 1 N–H and O–H groups in total. The summed E-state index contributed by atoms with van der Waals surface area (Å²) in [5.41, 5.74) is -0.531. The average Bonchev–Trinajstić information content (AvgIpc) is 3.31. The number of amides is 1. The minimum absolute atomic E-state index is 0.0427. The third kappa shape index (κ3) is 7.42. The molecular weight excluding hydrogens is 453 g/mol. The molecule has 1 fully saturated rings. The summed E-state index contributed by atoms with van der Waals surface area (Å²) in [6.07, 6.45) is 4.33. The maximum absolute atomic E-state index is 14.8. The van der Waals surface area contributed by atoms with Crippen LogP contribution in [0.15, 0.2) is 18.3 Å². The van der Waals surface area contributed by atoms with Gasteiger partial charge in [-0.15, -0.1) is 0 Å². The Morgan fingerprint density at radius 3 is 2.57 bits per heavy atom. The SMILES string of the molecule is COc1cnc(Nc2cc(N(C)C(=O)OC(C)(C)C)c(F)c(C)n2)cc1OCCCN1CCCC1. The number of aromatic nitrogens is 2. The fourth-order valence-corrected chi connectivity index (χ4v) is 3.74. The highest BCUT2D eigenvalue weighted by atomic mass is 19.1. The number of aryl methyl sites for hydroxylation is 1. The van der Waals surface area contributed by atoms with Crippen molar-refractivity contribution < 1.29 is 23.4 Å². The fourth-order valence-electron chi connectivity index (χ4n) is 3.74. The van der Waals surface area contributed by atoms with Crippen LogP contribution < -0.4 is 19.7 Å². The summed E-state index contributed by atoms with van der Waals surface area (Å²) in [4.78, 5) is 24.6. The molecule has 0 spiro atoms. The third-order valence-electron chi connectivity index (χ3n) is 5.52. The summed E-state index contributed by atoms with van der Waals surface area (Å²) in [7, 11) is 3.01. The lowest BCUT2D eigenvalue weighted by Gasteiger charge is -2.25. The highest BCUT2D eigenvalue weighted by Crippen LogP contribution is 2.31. The van der Waals surface area contributed by atoms with Gasteiger partial charge >= 0.3 is 6.09 Å². The molecule has 0 unspecified atom stereocenters. The predicted octanol–water partition coefficient (Wildman–Crippen LogP) is 4.91. The van der Waals surface area contributed by atoms with E-state index < -0.39 is 17.5 Å². The Morgan fingerprint density at radius 1 is 1.20 bits per heavy atom. The van der Waals surface area contributed by atoms with E-state index in [4.69, 9.17) is 14.2 Å². The monoisotopic (exact) mass is 489 g/mol. The van der Waals surface area contributed by atoms with Gasteiger partial charge in [0.25, 0.3) is 0 Å².